The molecule has 2 aliphatic heterocycles. The number of nitrogens with one attached hydrogen (secondary N) is 1. The molecule has 3 unspecified atom stereocenters. The van der Waals surface area contributed by atoms with Crippen molar-refractivity contribution < 1.29 is 4.79 Å². The van der Waals surface area contributed by atoms with Gasteiger partial charge in [0.2, 0.25) is 5.91 Å². The lowest BCUT2D eigenvalue weighted by Crippen LogP contribution is -2.55. The number of carbonyl (C=O) groups is 1. The van der Waals surface area contributed by atoms with Crippen molar-refractivity contribution in [1.82, 2.24) is 15.1 Å². The van der Waals surface area contributed by atoms with Crippen LogP contribution >= 0.6 is 0 Å². The fourth-order valence-electron chi connectivity index (χ4n) is 3.72. The van der Waals surface area contributed by atoms with Gasteiger partial charge in [0.15, 0.2) is 0 Å². The van der Waals surface area contributed by atoms with Gasteiger partial charge < -0.3 is 11.1 Å². The maximum atomic E-state index is 11.5. The van der Waals surface area contributed by atoms with Crippen LogP contribution in [0, 0.1) is 0 Å². The van der Waals surface area contributed by atoms with Gasteiger partial charge in [0, 0.05) is 25.2 Å². The molecule has 0 saturated carbocycles. The number of nitrogens with zero attached hydrogens (tertiary/aromatic N) is 2. The van der Waals surface area contributed by atoms with Gasteiger partial charge in [-0.3, -0.25) is 14.6 Å². The van der Waals surface area contributed by atoms with Gasteiger partial charge in [0.1, 0.15) is 0 Å². The standard InChI is InChI=1S/C16H32N4O/c1-13-11-20-10-6-7-14(20)12-19(13)9-5-4-8-16(2,18-3)15(17)21/h13-14,18H,4-12H2,1-3H3,(H2,17,21). The number of fused-ring (bicyclic) bond motifs is 1. The Balaban J connectivity index is 1.72. The van der Waals surface area contributed by atoms with Gasteiger partial charge in [-0.15, -0.1) is 0 Å². The zero-order valence-electron chi connectivity index (χ0n) is 13.9. The third kappa shape index (κ3) is 3.96. The molecule has 5 nitrogen and oxygen atoms in total. The third-order valence-corrected chi connectivity index (χ3v) is 5.53. The Hall–Kier alpha value is -0.650. The number of nitrogens with two attached hydrogens (primary N) is 1. The molecule has 2 fully saturated rings. The summed E-state index contributed by atoms with van der Waals surface area (Å²) in [5, 5.41) is 3.06. The van der Waals surface area contributed by atoms with E-state index in [9.17, 15) is 4.79 Å². The molecule has 3 N–H and O–H groups in total. The normalized spacial score (nSPS) is 30.0. The fourth-order valence-corrected chi connectivity index (χ4v) is 3.72. The summed E-state index contributed by atoms with van der Waals surface area (Å²) in [6.45, 7) is 9.12. The second-order valence-corrected chi connectivity index (χ2v) is 7.04. The predicted octanol–water partition coefficient (Wildman–Crippen LogP) is 0.789. The van der Waals surface area contributed by atoms with Gasteiger partial charge in [0.25, 0.3) is 0 Å². The molecule has 5 heteroatoms. The SMILES string of the molecule is CNC(C)(CCCCN1CC2CCCN2CC1C)C(N)=O. The van der Waals surface area contributed by atoms with Crippen molar-refractivity contribution in [3.05, 3.63) is 0 Å². The Labute approximate surface area is 129 Å². The van der Waals surface area contributed by atoms with Gasteiger partial charge >= 0.3 is 0 Å². The average molecular weight is 296 g/mol. The zero-order valence-corrected chi connectivity index (χ0v) is 13.9. The molecule has 2 rings (SSSR count). The molecule has 0 aromatic rings. The van der Waals surface area contributed by atoms with Crippen LogP contribution in [0.1, 0.15) is 46.0 Å². The van der Waals surface area contributed by atoms with Crippen LogP contribution in [-0.4, -0.2) is 66.6 Å². The van der Waals surface area contributed by atoms with Crippen molar-refractivity contribution in [1.29, 1.82) is 0 Å². The van der Waals surface area contributed by atoms with Crippen LogP contribution < -0.4 is 11.1 Å². The molecule has 0 aliphatic carbocycles. The van der Waals surface area contributed by atoms with E-state index in [-0.39, 0.29) is 5.91 Å². The molecule has 0 aromatic heterocycles. The topological polar surface area (TPSA) is 61.6 Å². The summed E-state index contributed by atoms with van der Waals surface area (Å²) in [5.74, 6) is -0.252. The van der Waals surface area contributed by atoms with Crippen molar-refractivity contribution in [3.63, 3.8) is 0 Å². The van der Waals surface area contributed by atoms with E-state index < -0.39 is 5.54 Å². The predicted molar refractivity (Wildman–Crippen MR) is 86.1 cm³/mol. The number of carbonyl (C=O) groups excluding carboxylic acids is 1. The Morgan fingerprint density at radius 3 is 2.81 bits per heavy atom. The first kappa shape index (κ1) is 16.7. The minimum Gasteiger partial charge on any atom is -0.368 e. The highest BCUT2D eigenvalue weighted by Crippen LogP contribution is 2.25. The van der Waals surface area contributed by atoms with Crippen molar-refractivity contribution in [2.24, 2.45) is 5.73 Å². The second-order valence-electron chi connectivity index (χ2n) is 7.04. The first-order valence-corrected chi connectivity index (χ1v) is 8.43. The van der Waals surface area contributed by atoms with Crippen LogP contribution in [0.4, 0.5) is 0 Å². The molecule has 0 aromatic carbocycles. The first-order chi connectivity index (χ1) is 9.96. The lowest BCUT2D eigenvalue weighted by atomic mass is 9.94. The smallest absolute Gasteiger partial charge is 0.237 e. The highest BCUT2D eigenvalue weighted by molar-refractivity contribution is 5.84. The third-order valence-electron chi connectivity index (χ3n) is 5.53. The van der Waals surface area contributed by atoms with Crippen molar-refractivity contribution in [2.75, 3.05) is 33.2 Å². The van der Waals surface area contributed by atoms with Crippen LogP contribution in [0.15, 0.2) is 0 Å². The molecular weight excluding hydrogens is 264 g/mol. The Bertz CT molecular complexity index is 362. The van der Waals surface area contributed by atoms with Crippen molar-refractivity contribution in [3.8, 4) is 0 Å². The molecule has 122 valence electrons. The Morgan fingerprint density at radius 1 is 1.38 bits per heavy atom. The van der Waals surface area contributed by atoms with Gasteiger partial charge in [-0.25, -0.2) is 0 Å². The van der Waals surface area contributed by atoms with E-state index in [2.05, 4.69) is 22.0 Å². The molecule has 3 atom stereocenters. The summed E-state index contributed by atoms with van der Waals surface area (Å²) in [4.78, 5) is 16.8. The van der Waals surface area contributed by atoms with E-state index in [0.717, 1.165) is 31.8 Å². The summed E-state index contributed by atoms with van der Waals surface area (Å²) < 4.78 is 0. The number of hydrogen-bond acceptors (Lipinski definition) is 4. The number of likely N-dealkylation sites (N-methyl/N-ethyl adjacent to an activating group) is 1. The number of primary amides is 1. The summed E-state index contributed by atoms with van der Waals surface area (Å²) in [7, 11) is 1.81. The van der Waals surface area contributed by atoms with Crippen LogP contribution in [0.3, 0.4) is 0 Å². The maximum absolute atomic E-state index is 11.5. The van der Waals surface area contributed by atoms with Crippen molar-refractivity contribution in [2.45, 2.75) is 63.6 Å². The molecule has 0 radical (unpaired) electrons. The minimum absolute atomic E-state index is 0.252. The highest BCUT2D eigenvalue weighted by atomic mass is 16.1. The lowest BCUT2D eigenvalue weighted by Gasteiger charge is -2.42. The number of hydrogen-bond donors (Lipinski definition) is 2. The van der Waals surface area contributed by atoms with E-state index in [1.54, 1.807) is 0 Å². The molecule has 0 bridgehead atoms. The molecule has 0 spiro atoms. The molecular formula is C16H32N4O. The number of piperazine rings is 1. The van der Waals surface area contributed by atoms with E-state index in [0.29, 0.717) is 6.04 Å². The van der Waals surface area contributed by atoms with E-state index in [1.165, 1.54) is 32.5 Å². The van der Waals surface area contributed by atoms with Crippen LogP contribution in [0.2, 0.25) is 0 Å². The Kier molecular flexibility index (Phi) is 5.63. The van der Waals surface area contributed by atoms with Gasteiger partial charge in [-0.1, -0.05) is 0 Å². The quantitative estimate of drug-likeness (QED) is 0.682. The van der Waals surface area contributed by atoms with Crippen LogP contribution in [0.25, 0.3) is 0 Å². The van der Waals surface area contributed by atoms with E-state index in [4.69, 9.17) is 5.73 Å². The molecule has 2 heterocycles. The summed E-state index contributed by atoms with van der Waals surface area (Å²) in [6, 6.07) is 1.44. The monoisotopic (exact) mass is 296 g/mol. The number of unbranched alkanes of at least 4 members (excludes halogenated alkanes) is 1. The summed E-state index contributed by atoms with van der Waals surface area (Å²) in [6.07, 6.45) is 5.73. The van der Waals surface area contributed by atoms with Gasteiger partial charge in [0.05, 0.1) is 5.54 Å². The fraction of sp³-hybridized carbons (Fsp3) is 0.938. The molecule has 21 heavy (non-hydrogen) atoms. The number of amides is 1. The number of rotatable bonds is 7. The molecule has 2 saturated heterocycles. The second kappa shape index (κ2) is 7.07. The Morgan fingerprint density at radius 2 is 2.14 bits per heavy atom. The van der Waals surface area contributed by atoms with Crippen molar-refractivity contribution >= 4 is 5.91 Å². The van der Waals surface area contributed by atoms with Gasteiger partial charge in [-0.05, 0) is 66.1 Å². The van der Waals surface area contributed by atoms with Gasteiger partial charge in [-0.2, -0.15) is 0 Å². The molecule has 1 amide bonds. The van der Waals surface area contributed by atoms with Crippen LogP contribution in [-0.2, 0) is 4.79 Å². The van der Waals surface area contributed by atoms with E-state index in [1.807, 2.05) is 14.0 Å². The largest absolute Gasteiger partial charge is 0.368 e. The highest BCUT2D eigenvalue weighted by Gasteiger charge is 2.34. The van der Waals surface area contributed by atoms with Crippen LogP contribution in [0.5, 0.6) is 0 Å². The molecule has 2 aliphatic rings. The summed E-state index contributed by atoms with van der Waals surface area (Å²) in [5.41, 5.74) is 4.91. The average Bonchev–Trinajstić information content (AvgIpc) is 2.90. The maximum Gasteiger partial charge on any atom is 0.237 e. The van der Waals surface area contributed by atoms with E-state index >= 15 is 0 Å². The zero-order chi connectivity index (χ0) is 15.5. The first-order valence-electron chi connectivity index (χ1n) is 8.43. The minimum atomic E-state index is -0.560. The lowest BCUT2D eigenvalue weighted by molar-refractivity contribution is -0.123. The summed E-state index contributed by atoms with van der Waals surface area (Å²) >= 11 is 0.